The number of rotatable bonds is 1. The number of thiophene rings is 1. The minimum absolute atomic E-state index is 0.0336. The fourth-order valence-corrected chi connectivity index (χ4v) is 3.08. The monoisotopic (exact) mass is 252 g/mol. The summed E-state index contributed by atoms with van der Waals surface area (Å²) in [5.41, 5.74) is 1.24. The molecule has 2 heterocycles. The minimum Gasteiger partial charge on any atom is -0.477 e. The minimum atomic E-state index is -0.940. The van der Waals surface area contributed by atoms with E-state index in [4.69, 9.17) is 5.11 Å². The largest absolute Gasteiger partial charge is 0.477 e. The van der Waals surface area contributed by atoms with Crippen molar-refractivity contribution in [2.45, 2.75) is 25.3 Å². The third-order valence-electron chi connectivity index (χ3n) is 3.34. The molecule has 6 heteroatoms. The highest BCUT2D eigenvalue weighted by atomic mass is 32.1. The van der Waals surface area contributed by atoms with Gasteiger partial charge in [0.05, 0.1) is 16.9 Å². The Bertz CT molecular complexity index is 519. The van der Waals surface area contributed by atoms with Crippen LogP contribution in [0.2, 0.25) is 0 Å². The molecule has 1 fully saturated rings. The average Bonchev–Trinajstić information content (AvgIpc) is 2.86. The quantitative estimate of drug-likeness (QED) is 0.799. The first-order valence-corrected chi connectivity index (χ1v) is 6.31. The summed E-state index contributed by atoms with van der Waals surface area (Å²) < 4.78 is 0. The number of fused-ring (bicyclic) bond motifs is 1. The van der Waals surface area contributed by atoms with Crippen molar-refractivity contribution in [1.82, 2.24) is 0 Å². The molecule has 90 valence electrons. The maximum atomic E-state index is 11.6. The predicted molar refractivity (Wildman–Crippen MR) is 64.9 cm³/mol. The zero-order valence-electron chi connectivity index (χ0n) is 9.32. The number of carbonyl (C=O) groups excluding carboxylic acids is 1. The molecule has 17 heavy (non-hydrogen) atoms. The van der Waals surface area contributed by atoms with Crippen molar-refractivity contribution < 1.29 is 14.7 Å². The van der Waals surface area contributed by atoms with E-state index in [1.807, 2.05) is 0 Å². The lowest BCUT2D eigenvalue weighted by molar-refractivity contribution is -0.116. The van der Waals surface area contributed by atoms with Crippen molar-refractivity contribution in [2.24, 2.45) is 0 Å². The maximum absolute atomic E-state index is 11.6. The lowest BCUT2D eigenvalue weighted by Gasteiger charge is -2.34. The molecule has 0 saturated heterocycles. The molecule has 1 aromatic heterocycles. The predicted octanol–water partition coefficient (Wildman–Crippen LogP) is 1.76. The van der Waals surface area contributed by atoms with Crippen LogP contribution in [-0.2, 0) is 4.79 Å². The number of nitrogens with zero attached hydrogens (tertiary/aromatic N) is 1. The summed E-state index contributed by atoms with van der Waals surface area (Å²) >= 11 is 1.17. The molecule has 1 aliphatic heterocycles. The van der Waals surface area contributed by atoms with Crippen LogP contribution in [0.5, 0.6) is 0 Å². The highest BCUT2D eigenvalue weighted by Gasteiger charge is 2.49. The molecule has 3 rings (SSSR count). The fraction of sp³-hybridized carbons (Fsp3) is 0.455. The van der Waals surface area contributed by atoms with Crippen LogP contribution in [0.4, 0.5) is 11.4 Å². The van der Waals surface area contributed by atoms with E-state index in [1.165, 1.54) is 18.3 Å². The van der Waals surface area contributed by atoms with Crippen molar-refractivity contribution in [3.05, 3.63) is 10.3 Å². The van der Waals surface area contributed by atoms with Gasteiger partial charge in [0, 0.05) is 18.8 Å². The van der Waals surface area contributed by atoms with Crippen LogP contribution in [0.25, 0.3) is 0 Å². The van der Waals surface area contributed by atoms with Crippen LogP contribution < -0.4 is 10.2 Å². The van der Waals surface area contributed by atoms with E-state index in [2.05, 4.69) is 5.32 Å². The van der Waals surface area contributed by atoms with Crippen LogP contribution in [0.3, 0.4) is 0 Å². The summed E-state index contributed by atoms with van der Waals surface area (Å²) in [5.74, 6) is -0.973. The van der Waals surface area contributed by atoms with Crippen LogP contribution in [0, 0.1) is 0 Å². The Morgan fingerprint density at radius 1 is 1.53 bits per heavy atom. The van der Waals surface area contributed by atoms with Gasteiger partial charge in [-0.1, -0.05) is 0 Å². The molecule has 1 aromatic rings. The number of hydrogen-bond donors (Lipinski definition) is 2. The molecule has 2 N–H and O–H groups in total. The van der Waals surface area contributed by atoms with Gasteiger partial charge in [0.25, 0.3) is 0 Å². The zero-order chi connectivity index (χ0) is 12.2. The first-order valence-electron chi connectivity index (χ1n) is 5.43. The Morgan fingerprint density at radius 3 is 2.76 bits per heavy atom. The van der Waals surface area contributed by atoms with E-state index < -0.39 is 5.97 Å². The highest BCUT2D eigenvalue weighted by molar-refractivity contribution is 7.13. The number of carboxylic acids is 1. The lowest BCUT2D eigenvalue weighted by atomic mass is 10.1. The summed E-state index contributed by atoms with van der Waals surface area (Å²) in [4.78, 5) is 24.7. The first-order chi connectivity index (χ1) is 8.02. The van der Waals surface area contributed by atoms with E-state index >= 15 is 0 Å². The van der Waals surface area contributed by atoms with E-state index in [1.54, 1.807) is 10.3 Å². The first kappa shape index (κ1) is 10.6. The van der Waals surface area contributed by atoms with Gasteiger partial charge in [0.2, 0.25) is 5.91 Å². The van der Waals surface area contributed by atoms with E-state index in [9.17, 15) is 9.59 Å². The molecular weight excluding hydrogens is 240 g/mol. The molecule has 1 spiro atoms. The van der Waals surface area contributed by atoms with E-state index in [-0.39, 0.29) is 16.3 Å². The maximum Gasteiger partial charge on any atom is 0.348 e. The van der Waals surface area contributed by atoms with Gasteiger partial charge in [-0.15, -0.1) is 11.3 Å². The second-order valence-corrected chi connectivity index (χ2v) is 5.52. The summed E-state index contributed by atoms with van der Waals surface area (Å²) in [6.45, 7) is 2.16. The molecule has 0 atom stereocenters. The van der Waals surface area contributed by atoms with Crippen LogP contribution >= 0.6 is 11.3 Å². The van der Waals surface area contributed by atoms with Gasteiger partial charge in [-0.3, -0.25) is 4.79 Å². The number of amides is 1. The van der Waals surface area contributed by atoms with Crippen molar-refractivity contribution in [3.8, 4) is 0 Å². The number of nitrogens with one attached hydrogen (secondary N) is 1. The molecule has 2 aliphatic rings. The van der Waals surface area contributed by atoms with Gasteiger partial charge >= 0.3 is 5.97 Å². The second-order valence-electron chi connectivity index (χ2n) is 4.64. The topological polar surface area (TPSA) is 69.6 Å². The Balaban J connectivity index is 2.10. The normalized spacial score (nSPS) is 19.7. The number of hydrogen-bond acceptors (Lipinski definition) is 4. The summed E-state index contributed by atoms with van der Waals surface area (Å²) in [7, 11) is 0. The third-order valence-corrected chi connectivity index (χ3v) is 4.30. The third kappa shape index (κ3) is 1.51. The van der Waals surface area contributed by atoms with Gasteiger partial charge in [-0.25, -0.2) is 4.79 Å². The van der Waals surface area contributed by atoms with Crippen LogP contribution in [-0.4, -0.2) is 29.1 Å². The lowest BCUT2D eigenvalue weighted by Crippen LogP contribution is -2.45. The molecule has 0 aromatic carbocycles. The van der Waals surface area contributed by atoms with Crippen molar-refractivity contribution in [3.63, 3.8) is 0 Å². The van der Waals surface area contributed by atoms with E-state index in [0.717, 1.165) is 12.8 Å². The molecule has 0 unspecified atom stereocenters. The molecule has 0 bridgehead atoms. The van der Waals surface area contributed by atoms with E-state index in [0.29, 0.717) is 17.9 Å². The summed E-state index contributed by atoms with van der Waals surface area (Å²) in [6, 6.07) is 0. The Kier molecular flexibility index (Phi) is 2.01. The van der Waals surface area contributed by atoms with Gasteiger partial charge in [0.1, 0.15) is 4.88 Å². The van der Waals surface area contributed by atoms with Gasteiger partial charge in [-0.05, 0) is 12.8 Å². The zero-order valence-corrected chi connectivity index (χ0v) is 10.1. The molecule has 1 aliphatic carbocycles. The Labute approximate surface area is 102 Å². The van der Waals surface area contributed by atoms with Gasteiger partial charge < -0.3 is 15.3 Å². The number of aromatic carboxylic acids is 1. The van der Waals surface area contributed by atoms with Gasteiger partial charge in [0.15, 0.2) is 0 Å². The summed E-state index contributed by atoms with van der Waals surface area (Å²) in [5, 5.41) is 14.1. The molecule has 5 nitrogen and oxygen atoms in total. The van der Waals surface area contributed by atoms with Crippen LogP contribution in [0.15, 0.2) is 5.38 Å². The average molecular weight is 252 g/mol. The highest BCUT2D eigenvalue weighted by Crippen LogP contribution is 2.49. The van der Waals surface area contributed by atoms with Crippen molar-refractivity contribution in [2.75, 3.05) is 16.8 Å². The summed E-state index contributed by atoms with van der Waals surface area (Å²) in [6.07, 6.45) is 1.98. The molecule has 1 saturated carbocycles. The molecule has 0 radical (unpaired) electrons. The molecule has 1 amide bonds. The number of anilines is 2. The number of carbonyl (C=O) groups is 2. The van der Waals surface area contributed by atoms with Crippen LogP contribution in [0.1, 0.15) is 29.4 Å². The standard InChI is InChI=1S/C11H12N2O3S/c1-6(14)13-5-11(2-3-11)12-8-7(13)4-17-9(8)10(15)16/h4,12H,2-3,5H2,1H3,(H,15,16). The number of carboxylic acid groups (broad SMARTS) is 1. The Morgan fingerprint density at radius 2 is 2.24 bits per heavy atom. The van der Waals surface area contributed by atoms with Crippen molar-refractivity contribution in [1.29, 1.82) is 0 Å². The second kappa shape index (κ2) is 3.22. The van der Waals surface area contributed by atoms with Gasteiger partial charge in [-0.2, -0.15) is 0 Å². The smallest absolute Gasteiger partial charge is 0.348 e. The Hall–Kier alpha value is -1.56. The molecular formula is C11H12N2O3S. The van der Waals surface area contributed by atoms with Crippen molar-refractivity contribution >= 4 is 34.6 Å². The SMILES string of the molecule is CC(=O)N1CC2(CC2)Nc2c1csc2C(=O)O. The fourth-order valence-electron chi connectivity index (χ4n) is 2.23.